The Morgan fingerprint density at radius 3 is 2.83 bits per heavy atom. The molecule has 1 spiro atoms. The van der Waals surface area contributed by atoms with Crippen molar-refractivity contribution in [2.24, 2.45) is 0 Å². The average molecular weight is 351 g/mol. The number of halogens is 1. The minimum absolute atomic E-state index is 0.0945. The molecule has 128 valence electrons. The van der Waals surface area contributed by atoms with Gasteiger partial charge in [-0.05, 0) is 56.4 Å². The molecule has 1 saturated heterocycles. The topological polar surface area (TPSA) is 76.3 Å². The van der Waals surface area contributed by atoms with E-state index in [2.05, 4.69) is 10.1 Å². The lowest BCUT2D eigenvalue weighted by Crippen LogP contribution is -2.44. The van der Waals surface area contributed by atoms with Crippen LogP contribution in [0.4, 0.5) is 4.39 Å². The normalized spacial score (nSPS) is 21.9. The molecule has 0 atom stereocenters. The van der Waals surface area contributed by atoms with E-state index in [1.165, 1.54) is 10.4 Å². The van der Waals surface area contributed by atoms with E-state index in [9.17, 15) is 12.8 Å². The average Bonchev–Trinajstić information content (AvgIpc) is 3.18. The number of aryl methyl sites for hydroxylation is 1. The van der Waals surface area contributed by atoms with Gasteiger partial charge in [-0.2, -0.15) is 9.29 Å². The van der Waals surface area contributed by atoms with Gasteiger partial charge < -0.3 is 4.52 Å². The van der Waals surface area contributed by atoms with E-state index in [0.717, 1.165) is 25.7 Å². The zero-order chi connectivity index (χ0) is 16.9. The molecular formula is C16H18FN3O3S. The highest BCUT2D eigenvalue weighted by atomic mass is 32.2. The molecule has 1 saturated carbocycles. The summed E-state index contributed by atoms with van der Waals surface area (Å²) in [6, 6.07) is 4.57. The molecule has 0 bridgehead atoms. The Bertz CT molecular complexity index is 890. The Kier molecular flexibility index (Phi) is 3.50. The van der Waals surface area contributed by atoms with Crippen LogP contribution in [0.5, 0.6) is 0 Å². The van der Waals surface area contributed by atoms with Gasteiger partial charge in [0.05, 0.1) is 11.3 Å². The zero-order valence-corrected chi connectivity index (χ0v) is 14.1. The van der Waals surface area contributed by atoms with Gasteiger partial charge in [0.25, 0.3) is 0 Å². The highest BCUT2D eigenvalue weighted by Crippen LogP contribution is 2.51. The lowest BCUT2D eigenvalue weighted by Gasteiger charge is -2.31. The van der Waals surface area contributed by atoms with Crippen LogP contribution >= 0.6 is 0 Å². The molecule has 0 radical (unpaired) electrons. The van der Waals surface area contributed by atoms with E-state index in [4.69, 9.17) is 4.52 Å². The standard InChI is InChI=1S/C16H18FN3O3S/c1-11-9-12(3-4-13(11)17)15-18-14(23-19-15)10-20-8-2-5-16(6-7-16)24(20,21)22/h3-4,9H,2,5-8,10H2,1H3. The molecule has 4 rings (SSSR count). The third-order valence-electron chi connectivity index (χ3n) is 4.93. The number of nitrogens with zero attached hydrogens (tertiary/aromatic N) is 3. The van der Waals surface area contributed by atoms with Gasteiger partial charge in [0.2, 0.25) is 21.7 Å². The molecule has 0 N–H and O–H groups in total. The van der Waals surface area contributed by atoms with E-state index in [-0.39, 0.29) is 18.3 Å². The number of benzene rings is 1. The fraction of sp³-hybridized carbons (Fsp3) is 0.500. The van der Waals surface area contributed by atoms with Crippen molar-refractivity contribution in [3.63, 3.8) is 0 Å². The molecule has 2 aromatic rings. The van der Waals surface area contributed by atoms with E-state index in [1.807, 2.05) is 0 Å². The van der Waals surface area contributed by atoms with Crippen molar-refractivity contribution in [3.05, 3.63) is 35.5 Å². The van der Waals surface area contributed by atoms with Crippen LogP contribution in [-0.4, -0.2) is 34.2 Å². The van der Waals surface area contributed by atoms with E-state index in [0.29, 0.717) is 23.5 Å². The van der Waals surface area contributed by atoms with Crippen molar-refractivity contribution < 1.29 is 17.3 Å². The lowest BCUT2D eigenvalue weighted by atomic mass is 10.1. The highest BCUT2D eigenvalue weighted by molar-refractivity contribution is 7.90. The minimum Gasteiger partial charge on any atom is -0.338 e. The number of aromatic nitrogens is 2. The van der Waals surface area contributed by atoms with Crippen molar-refractivity contribution in [1.29, 1.82) is 0 Å². The molecule has 1 aliphatic heterocycles. The number of hydrogen-bond donors (Lipinski definition) is 0. The first-order valence-corrected chi connectivity index (χ1v) is 9.44. The molecule has 6 nitrogen and oxygen atoms in total. The number of hydrogen-bond acceptors (Lipinski definition) is 5. The van der Waals surface area contributed by atoms with Gasteiger partial charge in [-0.3, -0.25) is 0 Å². The van der Waals surface area contributed by atoms with Crippen molar-refractivity contribution in [2.75, 3.05) is 6.54 Å². The summed E-state index contributed by atoms with van der Waals surface area (Å²) in [6.45, 7) is 2.24. The number of sulfonamides is 1. The summed E-state index contributed by atoms with van der Waals surface area (Å²) < 4.78 is 44.8. The van der Waals surface area contributed by atoms with Crippen molar-refractivity contribution in [2.45, 2.75) is 43.9 Å². The van der Waals surface area contributed by atoms with Gasteiger partial charge >= 0.3 is 0 Å². The molecule has 0 unspecified atom stereocenters. The molecule has 1 aliphatic carbocycles. The molecule has 2 aliphatic rings. The predicted octanol–water partition coefficient (Wildman–Crippen LogP) is 2.64. The Balaban J connectivity index is 1.56. The van der Waals surface area contributed by atoms with Gasteiger partial charge in [-0.25, -0.2) is 12.8 Å². The summed E-state index contributed by atoms with van der Waals surface area (Å²) in [5.41, 5.74) is 1.14. The molecule has 2 heterocycles. The predicted molar refractivity (Wildman–Crippen MR) is 85.0 cm³/mol. The van der Waals surface area contributed by atoms with Gasteiger partial charge in [-0.15, -0.1) is 0 Å². The van der Waals surface area contributed by atoms with E-state index < -0.39 is 14.8 Å². The fourth-order valence-electron chi connectivity index (χ4n) is 3.28. The third kappa shape index (κ3) is 2.44. The summed E-state index contributed by atoms with van der Waals surface area (Å²) >= 11 is 0. The molecule has 24 heavy (non-hydrogen) atoms. The van der Waals surface area contributed by atoms with E-state index >= 15 is 0 Å². The zero-order valence-electron chi connectivity index (χ0n) is 13.3. The van der Waals surface area contributed by atoms with Crippen LogP contribution in [0.2, 0.25) is 0 Å². The maximum atomic E-state index is 13.4. The van der Waals surface area contributed by atoms with Gasteiger partial charge in [0.1, 0.15) is 5.82 Å². The highest BCUT2D eigenvalue weighted by Gasteiger charge is 2.58. The van der Waals surface area contributed by atoms with Gasteiger partial charge in [0.15, 0.2) is 0 Å². The third-order valence-corrected chi connectivity index (χ3v) is 7.63. The van der Waals surface area contributed by atoms with Crippen LogP contribution in [0, 0.1) is 12.7 Å². The summed E-state index contributed by atoms with van der Waals surface area (Å²) in [6.07, 6.45) is 3.10. The molecule has 2 fully saturated rings. The largest absolute Gasteiger partial charge is 0.338 e. The van der Waals surface area contributed by atoms with Crippen LogP contribution in [-0.2, 0) is 16.6 Å². The smallest absolute Gasteiger partial charge is 0.242 e. The summed E-state index contributed by atoms with van der Waals surface area (Å²) in [4.78, 5) is 4.27. The van der Waals surface area contributed by atoms with Crippen molar-refractivity contribution >= 4 is 10.0 Å². The Hall–Kier alpha value is -1.80. The Morgan fingerprint density at radius 2 is 2.12 bits per heavy atom. The summed E-state index contributed by atoms with van der Waals surface area (Å²) in [5.74, 6) is 0.300. The second kappa shape index (κ2) is 5.35. The van der Waals surface area contributed by atoms with Crippen LogP contribution in [0.25, 0.3) is 11.4 Å². The molecule has 0 amide bonds. The van der Waals surface area contributed by atoms with Crippen molar-refractivity contribution in [1.82, 2.24) is 14.4 Å². The molecule has 1 aromatic carbocycles. The first-order chi connectivity index (χ1) is 11.4. The summed E-state index contributed by atoms with van der Waals surface area (Å²) in [7, 11) is -3.30. The first-order valence-electron chi connectivity index (χ1n) is 8.00. The quantitative estimate of drug-likeness (QED) is 0.850. The van der Waals surface area contributed by atoms with Crippen LogP contribution < -0.4 is 0 Å². The van der Waals surface area contributed by atoms with Crippen LogP contribution in [0.1, 0.15) is 37.1 Å². The van der Waals surface area contributed by atoms with Crippen LogP contribution in [0.15, 0.2) is 22.7 Å². The van der Waals surface area contributed by atoms with Gasteiger partial charge in [0, 0.05) is 12.1 Å². The lowest BCUT2D eigenvalue weighted by molar-refractivity contribution is 0.295. The molecule has 8 heteroatoms. The van der Waals surface area contributed by atoms with Gasteiger partial charge in [-0.1, -0.05) is 5.16 Å². The second-order valence-corrected chi connectivity index (χ2v) is 8.93. The Morgan fingerprint density at radius 1 is 1.33 bits per heavy atom. The summed E-state index contributed by atoms with van der Waals surface area (Å²) in [5, 5.41) is 3.89. The number of rotatable bonds is 3. The monoisotopic (exact) mass is 351 g/mol. The minimum atomic E-state index is -3.30. The maximum Gasteiger partial charge on any atom is 0.242 e. The molecular weight excluding hydrogens is 333 g/mol. The fourth-order valence-corrected chi connectivity index (χ4v) is 5.50. The SMILES string of the molecule is Cc1cc(-c2noc(CN3CCCC4(CC4)S3(=O)=O)n2)ccc1F. The first kappa shape index (κ1) is 15.7. The van der Waals surface area contributed by atoms with Crippen molar-refractivity contribution in [3.8, 4) is 11.4 Å². The van der Waals surface area contributed by atoms with Crippen LogP contribution in [0.3, 0.4) is 0 Å². The molecule has 1 aromatic heterocycles. The maximum absolute atomic E-state index is 13.4. The Labute approximate surface area is 139 Å². The second-order valence-electron chi connectivity index (χ2n) is 6.60. The van der Waals surface area contributed by atoms with E-state index in [1.54, 1.807) is 19.1 Å².